The third-order valence-electron chi connectivity index (χ3n) is 3.87. The molecule has 0 spiro atoms. The summed E-state index contributed by atoms with van der Waals surface area (Å²) in [6.07, 6.45) is 0.580. The lowest BCUT2D eigenvalue weighted by Crippen LogP contribution is -1.96. The maximum Gasteiger partial charge on any atom is 0.255 e. The number of nitrogens with zero attached hydrogens (tertiary/aromatic N) is 4. The highest BCUT2D eigenvalue weighted by Crippen LogP contribution is 2.30. The minimum Gasteiger partial charge on any atom is -0.493 e. The molecule has 2 heterocycles. The maximum absolute atomic E-state index is 10.3. The highest BCUT2D eigenvalue weighted by Gasteiger charge is 2.11. The molecule has 0 aliphatic carbocycles. The summed E-state index contributed by atoms with van der Waals surface area (Å²) in [7, 11) is 0. The molecule has 5 nitrogen and oxygen atoms in total. The molecule has 0 bridgehead atoms. The molecule has 0 radical (unpaired) electrons. The van der Waals surface area contributed by atoms with Gasteiger partial charge >= 0.3 is 0 Å². The molecule has 0 saturated heterocycles. The van der Waals surface area contributed by atoms with Gasteiger partial charge in [-0.2, -0.15) is 9.50 Å². The van der Waals surface area contributed by atoms with Crippen LogP contribution in [0, 0.1) is 0 Å². The van der Waals surface area contributed by atoms with Gasteiger partial charge in [0.2, 0.25) is 5.88 Å². The van der Waals surface area contributed by atoms with Crippen molar-refractivity contribution in [3.63, 3.8) is 0 Å². The van der Waals surface area contributed by atoms with Crippen LogP contribution < -0.4 is 0 Å². The van der Waals surface area contributed by atoms with Crippen molar-refractivity contribution in [1.82, 2.24) is 19.6 Å². The van der Waals surface area contributed by atoms with E-state index in [0.29, 0.717) is 39.5 Å². The molecule has 27 heavy (non-hydrogen) atoms. The number of hydrogen-bond donors (Lipinski definition) is 1. The lowest BCUT2D eigenvalue weighted by Gasteiger charge is -2.04. The van der Waals surface area contributed by atoms with Gasteiger partial charge in [-0.1, -0.05) is 53.5 Å². The molecule has 0 fully saturated rings. The highest BCUT2D eigenvalue weighted by atomic mass is 35.5. The Labute approximate surface area is 170 Å². The Bertz CT molecular complexity index is 1100. The van der Waals surface area contributed by atoms with Gasteiger partial charge in [-0.3, -0.25) is 0 Å². The second-order valence-corrected chi connectivity index (χ2v) is 7.74. The molecule has 0 aliphatic rings. The summed E-state index contributed by atoms with van der Waals surface area (Å²) < 4.78 is 1.35. The minimum atomic E-state index is 0.0107. The molecule has 8 heteroatoms. The van der Waals surface area contributed by atoms with E-state index < -0.39 is 0 Å². The topological polar surface area (TPSA) is 63.3 Å². The number of aromatic nitrogens is 4. The summed E-state index contributed by atoms with van der Waals surface area (Å²) in [6, 6.07) is 17.0. The van der Waals surface area contributed by atoms with Crippen LogP contribution in [0.1, 0.15) is 17.1 Å². The van der Waals surface area contributed by atoms with Crippen molar-refractivity contribution in [2.45, 2.75) is 17.1 Å². The largest absolute Gasteiger partial charge is 0.493 e. The zero-order valence-electron chi connectivity index (χ0n) is 14.0. The zero-order valence-corrected chi connectivity index (χ0v) is 16.3. The predicted molar refractivity (Wildman–Crippen MR) is 108 cm³/mol. The van der Waals surface area contributed by atoms with E-state index in [0.717, 1.165) is 10.5 Å². The molecule has 4 aromatic rings. The maximum atomic E-state index is 10.3. The number of fused-ring (bicyclic) bond motifs is 1. The fourth-order valence-electron chi connectivity index (χ4n) is 2.59. The van der Waals surface area contributed by atoms with Crippen molar-refractivity contribution in [2.24, 2.45) is 0 Å². The summed E-state index contributed by atoms with van der Waals surface area (Å²) in [5, 5.41) is 15.7. The molecular formula is C19H14Cl2N4OS. The van der Waals surface area contributed by atoms with Crippen LogP contribution in [0.5, 0.6) is 5.88 Å². The van der Waals surface area contributed by atoms with Crippen molar-refractivity contribution in [3.05, 3.63) is 81.7 Å². The van der Waals surface area contributed by atoms with E-state index in [2.05, 4.69) is 15.1 Å². The van der Waals surface area contributed by atoms with Gasteiger partial charge < -0.3 is 5.11 Å². The summed E-state index contributed by atoms with van der Waals surface area (Å²) >= 11 is 13.5. The average Bonchev–Trinajstić information content (AvgIpc) is 3.06. The van der Waals surface area contributed by atoms with Gasteiger partial charge in [-0.05, 0) is 23.8 Å². The van der Waals surface area contributed by atoms with E-state index in [9.17, 15) is 5.11 Å². The van der Waals surface area contributed by atoms with E-state index in [1.807, 2.05) is 42.5 Å². The van der Waals surface area contributed by atoms with Gasteiger partial charge in [0.1, 0.15) is 0 Å². The molecule has 0 saturated carbocycles. The Morgan fingerprint density at radius 3 is 2.56 bits per heavy atom. The monoisotopic (exact) mass is 416 g/mol. The first kappa shape index (κ1) is 18.1. The van der Waals surface area contributed by atoms with Crippen LogP contribution in [0.2, 0.25) is 10.0 Å². The summed E-state index contributed by atoms with van der Waals surface area (Å²) in [6.45, 7) is 0. The molecule has 0 aliphatic heterocycles. The fourth-order valence-corrected chi connectivity index (χ4v) is 3.78. The quantitative estimate of drug-likeness (QED) is 0.462. The Hall–Kier alpha value is -2.28. The third-order valence-corrected chi connectivity index (χ3v) is 5.64. The number of benzene rings is 2. The number of halogens is 2. The van der Waals surface area contributed by atoms with Crippen LogP contribution in [-0.4, -0.2) is 24.7 Å². The normalized spacial score (nSPS) is 11.2. The molecule has 0 atom stereocenters. The Morgan fingerprint density at radius 2 is 1.78 bits per heavy atom. The SMILES string of the molecule is Oc1cc(CSc2ccc(Cl)c(Cl)c2)nc2nc(Cc3ccccc3)nn12. The van der Waals surface area contributed by atoms with Crippen LogP contribution in [0.15, 0.2) is 59.5 Å². The van der Waals surface area contributed by atoms with Gasteiger partial charge in [-0.25, -0.2) is 4.98 Å². The Kier molecular flexibility index (Phi) is 5.20. The molecule has 2 aromatic carbocycles. The Balaban J connectivity index is 1.54. The second-order valence-electron chi connectivity index (χ2n) is 5.87. The minimum absolute atomic E-state index is 0.0107. The van der Waals surface area contributed by atoms with Crippen LogP contribution in [0.3, 0.4) is 0 Å². The Morgan fingerprint density at radius 1 is 0.963 bits per heavy atom. The number of thioether (sulfide) groups is 1. The fraction of sp³-hybridized carbons (Fsp3) is 0.105. The lowest BCUT2D eigenvalue weighted by atomic mass is 10.1. The van der Waals surface area contributed by atoms with Crippen molar-refractivity contribution in [3.8, 4) is 5.88 Å². The number of rotatable bonds is 5. The lowest BCUT2D eigenvalue weighted by molar-refractivity contribution is 0.434. The first-order valence-electron chi connectivity index (χ1n) is 8.15. The van der Waals surface area contributed by atoms with Gasteiger partial charge in [0, 0.05) is 23.1 Å². The van der Waals surface area contributed by atoms with Crippen molar-refractivity contribution in [1.29, 1.82) is 0 Å². The molecule has 2 aromatic heterocycles. The zero-order chi connectivity index (χ0) is 18.8. The first-order chi connectivity index (χ1) is 13.1. The predicted octanol–water partition coefficient (Wildman–Crippen LogP) is 5.02. The van der Waals surface area contributed by atoms with Crippen LogP contribution in [0.4, 0.5) is 0 Å². The van der Waals surface area contributed by atoms with Gasteiger partial charge in [-0.15, -0.1) is 16.9 Å². The average molecular weight is 417 g/mol. The van der Waals surface area contributed by atoms with Crippen molar-refractivity contribution >= 4 is 40.7 Å². The molecule has 4 rings (SSSR count). The first-order valence-corrected chi connectivity index (χ1v) is 9.89. The molecule has 136 valence electrons. The highest BCUT2D eigenvalue weighted by molar-refractivity contribution is 7.98. The van der Waals surface area contributed by atoms with E-state index in [-0.39, 0.29) is 5.88 Å². The number of hydrogen-bond acceptors (Lipinski definition) is 5. The van der Waals surface area contributed by atoms with Crippen molar-refractivity contribution < 1.29 is 5.11 Å². The van der Waals surface area contributed by atoms with E-state index in [4.69, 9.17) is 23.2 Å². The van der Waals surface area contributed by atoms with E-state index in [1.54, 1.807) is 23.9 Å². The molecular weight excluding hydrogens is 403 g/mol. The van der Waals surface area contributed by atoms with Crippen LogP contribution in [0.25, 0.3) is 5.78 Å². The van der Waals surface area contributed by atoms with Crippen molar-refractivity contribution in [2.75, 3.05) is 0 Å². The standard InChI is InChI=1S/C19H14Cl2N4OS/c20-15-7-6-14(10-16(15)21)27-11-13-9-18(26)25-19(22-13)23-17(24-25)8-12-4-2-1-3-5-12/h1-7,9-10,26H,8,11H2. The van der Waals surface area contributed by atoms with Gasteiger partial charge in [0.05, 0.1) is 15.7 Å². The second kappa shape index (κ2) is 7.76. The number of aromatic hydroxyl groups is 1. The van der Waals surface area contributed by atoms with Gasteiger partial charge in [0.15, 0.2) is 5.82 Å². The molecule has 0 amide bonds. The van der Waals surface area contributed by atoms with Crippen LogP contribution >= 0.6 is 35.0 Å². The summed E-state index contributed by atoms with van der Waals surface area (Å²) in [4.78, 5) is 9.92. The van der Waals surface area contributed by atoms with Gasteiger partial charge in [0.25, 0.3) is 5.78 Å². The summed E-state index contributed by atoms with van der Waals surface area (Å²) in [5.74, 6) is 1.56. The smallest absolute Gasteiger partial charge is 0.255 e. The summed E-state index contributed by atoms with van der Waals surface area (Å²) in [5.41, 5.74) is 1.80. The van der Waals surface area contributed by atoms with Crippen LogP contribution in [-0.2, 0) is 12.2 Å². The molecule has 0 unspecified atom stereocenters. The van der Waals surface area contributed by atoms with E-state index in [1.165, 1.54) is 4.52 Å². The third kappa shape index (κ3) is 4.18. The van der Waals surface area contributed by atoms with E-state index >= 15 is 0 Å². The molecule has 1 N–H and O–H groups in total.